The van der Waals surface area contributed by atoms with Crippen molar-refractivity contribution in [3.05, 3.63) is 17.6 Å². The van der Waals surface area contributed by atoms with Crippen molar-refractivity contribution >= 4 is 21.7 Å². The summed E-state index contributed by atoms with van der Waals surface area (Å²) < 4.78 is 5.51. The molecule has 79 valence electrons. The molecule has 2 aromatic rings. The summed E-state index contributed by atoms with van der Waals surface area (Å²) in [5, 5.41) is 0. The van der Waals surface area contributed by atoms with Crippen molar-refractivity contribution in [2.45, 2.75) is 0 Å². The van der Waals surface area contributed by atoms with Gasteiger partial charge >= 0.3 is 0 Å². The van der Waals surface area contributed by atoms with Crippen molar-refractivity contribution in [3.63, 3.8) is 0 Å². The first-order valence-corrected chi connectivity index (χ1v) is 5.48. The maximum atomic E-state index is 5.51. The summed E-state index contributed by atoms with van der Waals surface area (Å²) in [7, 11) is 4.02. The molecule has 0 aromatic carbocycles. The summed E-state index contributed by atoms with van der Waals surface area (Å²) in [5.74, 6) is 0.655. The summed E-state index contributed by atoms with van der Waals surface area (Å²) in [6.45, 7) is 1.53. The van der Waals surface area contributed by atoms with E-state index in [2.05, 4.69) is 20.4 Å². The van der Waals surface area contributed by atoms with E-state index < -0.39 is 0 Å². The highest BCUT2D eigenvalue weighted by Crippen LogP contribution is 2.18. The van der Waals surface area contributed by atoms with E-state index in [0.717, 1.165) is 16.9 Å². The molecule has 0 fully saturated rings. The van der Waals surface area contributed by atoms with Gasteiger partial charge in [0.1, 0.15) is 17.0 Å². The Labute approximate surface area is 92.5 Å². The van der Waals surface area contributed by atoms with E-state index >= 15 is 0 Å². The van der Waals surface area contributed by atoms with Gasteiger partial charge in [-0.05, 0) is 20.2 Å². The van der Waals surface area contributed by atoms with E-state index in [-0.39, 0.29) is 0 Å². The molecule has 0 aliphatic carbocycles. The molecule has 0 spiro atoms. The fourth-order valence-corrected chi connectivity index (χ4v) is 1.69. The molecular formula is C10H12N3OS. The summed E-state index contributed by atoms with van der Waals surface area (Å²) in [4.78, 5) is 11.3. The molecular weight excluding hydrogens is 210 g/mol. The summed E-state index contributed by atoms with van der Waals surface area (Å²) >= 11 is 1.40. The van der Waals surface area contributed by atoms with Gasteiger partial charge in [0.25, 0.3) is 0 Å². The molecule has 0 aliphatic rings. The molecule has 0 atom stereocenters. The number of ether oxygens (including phenoxy) is 1. The lowest BCUT2D eigenvalue weighted by Gasteiger charge is -2.09. The minimum Gasteiger partial charge on any atom is -0.476 e. The van der Waals surface area contributed by atoms with Crippen molar-refractivity contribution in [2.75, 3.05) is 27.2 Å². The fourth-order valence-electron chi connectivity index (χ4n) is 1.10. The van der Waals surface area contributed by atoms with Crippen LogP contribution in [-0.2, 0) is 0 Å². The Hall–Kier alpha value is -1.20. The SMILES string of the molecule is CN(C)CCOc1ccc2n[c]sc2n1. The van der Waals surface area contributed by atoms with Crippen molar-refractivity contribution in [3.8, 4) is 5.88 Å². The van der Waals surface area contributed by atoms with Crippen molar-refractivity contribution in [1.82, 2.24) is 14.9 Å². The third-order valence-electron chi connectivity index (χ3n) is 1.91. The Kier molecular flexibility index (Phi) is 3.13. The molecule has 1 radical (unpaired) electrons. The van der Waals surface area contributed by atoms with Crippen LogP contribution in [-0.4, -0.2) is 42.1 Å². The minimum atomic E-state index is 0.647. The molecule has 2 aromatic heterocycles. The van der Waals surface area contributed by atoms with Gasteiger partial charge in [-0.1, -0.05) is 11.3 Å². The zero-order valence-electron chi connectivity index (χ0n) is 8.73. The average molecular weight is 222 g/mol. The number of aromatic nitrogens is 2. The van der Waals surface area contributed by atoms with Gasteiger partial charge in [-0.15, -0.1) is 0 Å². The second-order valence-corrected chi connectivity index (χ2v) is 4.20. The van der Waals surface area contributed by atoms with Gasteiger partial charge in [-0.2, -0.15) is 0 Å². The molecule has 5 heteroatoms. The number of hydrogen-bond acceptors (Lipinski definition) is 5. The Bertz CT molecular complexity index is 441. The molecule has 0 saturated carbocycles. The standard InChI is InChI=1S/C10H12N3OS/c1-13(2)5-6-14-9-4-3-8-10(12-9)15-7-11-8/h3-4H,5-6H2,1-2H3. The number of fused-ring (bicyclic) bond motifs is 1. The Morgan fingerprint density at radius 1 is 1.47 bits per heavy atom. The maximum Gasteiger partial charge on any atom is 0.214 e. The summed E-state index contributed by atoms with van der Waals surface area (Å²) in [6.07, 6.45) is 0. The second-order valence-electron chi connectivity index (χ2n) is 3.43. The monoisotopic (exact) mass is 222 g/mol. The van der Waals surface area contributed by atoms with Crippen molar-refractivity contribution in [2.24, 2.45) is 0 Å². The van der Waals surface area contributed by atoms with Gasteiger partial charge in [-0.3, -0.25) is 0 Å². The zero-order valence-corrected chi connectivity index (χ0v) is 9.54. The lowest BCUT2D eigenvalue weighted by molar-refractivity contribution is 0.254. The number of hydrogen-bond donors (Lipinski definition) is 0. The molecule has 2 rings (SSSR count). The van der Waals surface area contributed by atoms with Gasteiger partial charge in [0, 0.05) is 12.6 Å². The lowest BCUT2D eigenvalue weighted by Crippen LogP contribution is -2.19. The third kappa shape index (κ3) is 2.64. The molecule has 0 amide bonds. The van der Waals surface area contributed by atoms with Crippen LogP contribution in [0.1, 0.15) is 0 Å². The first kappa shape index (κ1) is 10.3. The van der Waals surface area contributed by atoms with Gasteiger partial charge in [0.15, 0.2) is 5.51 Å². The summed E-state index contributed by atoms with van der Waals surface area (Å²) in [5.41, 5.74) is 3.68. The fraction of sp³-hybridized carbons (Fsp3) is 0.400. The smallest absolute Gasteiger partial charge is 0.214 e. The minimum absolute atomic E-state index is 0.647. The largest absolute Gasteiger partial charge is 0.476 e. The van der Waals surface area contributed by atoms with Gasteiger partial charge in [0.2, 0.25) is 5.88 Å². The number of nitrogens with zero attached hydrogens (tertiary/aromatic N) is 3. The van der Waals surface area contributed by atoms with Crippen LogP contribution in [0.3, 0.4) is 0 Å². The van der Waals surface area contributed by atoms with Gasteiger partial charge in [-0.25, -0.2) is 9.97 Å². The summed E-state index contributed by atoms with van der Waals surface area (Å²) in [6, 6.07) is 3.74. The lowest BCUT2D eigenvalue weighted by atomic mass is 10.4. The molecule has 0 aliphatic heterocycles. The van der Waals surface area contributed by atoms with E-state index in [4.69, 9.17) is 4.74 Å². The van der Waals surface area contributed by atoms with Crippen LogP contribution in [0.2, 0.25) is 0 Å². The zero-order chi connectivity index (χ0) is 10.7. The molecule has 0 unspecified atom stereocenters. The van der Waals surface area contributed by atoms with E-state index in [1.165, 1.54) is 11.3 Å². The van der Waals surface area contributed by atoms with Crippen LogP contribution in [0.15, 0.2) is 12.1 Å². The van der Waals surface area contributed by atoms with Crippen molar-refractivity contribution in [1.29, 1.82) is 0 Å². The number of thiazole rings is 1. The molecule has 2 heterocycles. The number of likely N-dealkylation sites (N-methyl/N-ethyl adjacent to an activating group) is 1. The normalized spacial score (nSPS) is 11.1. The molecule has 0 N–H and O–H groups in total. The molecule has 15 heavy (non-hydrogen) atoms. The van der Waals surface area contributed by atoms with Crippen LogP contribution in [0, 0.1) is 5.51 Å². The Morgan fingerprint density at radius 3 is 3.13 bits per heavy atom. The molecule has 0 saturated heterocycles. The first-order valence-electron chi connectivity index (χ1n) is 4.67. The average Bonchev–Trinajstić information content (AvgIpc) is 2.64. The van der Waals surface area contributed by atoms with Crippen LogP contribution in [0.4, 0.5) is 0 Å². The quantitative estimate of drug-likeness (QED) is 0.784. The first-order chi connectivity index (χ1) is 7.25. The van der Waals surface area contributed by atoms with Crippen LogP contribution >= 0.6 is 11.3 Å². The Morgan fingerprint density at radius 2 is 2.33 bits per heavy atom. The topological polar surface area (TPSA) is 38.2 Å². The highest BCUT2D eigenvalue weighted by Gasteiger charge is 2.01. The highest BCUT2D eigenvalue weighted by atomic mass is 32.1. The number of pyridine rings is 1. The predicted octanol–water partition coefficient (Wildman–Crippen LogP) is 1.43. The van der Waals surface area contributed by atoms with E-state index in [0.29, 0.717) is 12.5 Å². The number of rotatable bonds is 4. The van der Waals surface area contributed by atoms with E-state index in [1.54, 1.807) is 0 Å². The predicted molar refractivity (Wildman–Crippen MR) is 60.3 cm³/mol. The molecule has 0 bridgehead atoms. The van der Waals surface area contributed by atoms with Crippen molar-refractivity contribution < 1.29 is 4.74 Å². The van der Waals surface area contributed by atoms with Crippen LogP contribution in [0.25, 0.3) is 10.3 Å². The van der Waals surface area contributed by atoms with E-state index in [9.17, 15) is 0 Å². The molecule has 4 nitrogen and oxygen atoms in total. The van der Waals surface area contributed by atoms with Gasteiger partial charge in [0.05, 0.1) is 0 Å². The highest BCUT2D eigenvalue weighted by molar-refractivity contribution is 7.15. The van der Waals surface area contributed by atoms with Crippen LogP contribution in [0.5, 0.6) is 5.88 Å². The second kappa shape index (κ2) is 4.55. The van der Waals surface area contributed by atoms with Crippen LogP contribution < -0.4 is 4.74 Å². The third-order valence-corrected chi connectivity index (χ3v) is 2.59. The maximum absolute atomic E-state index is 5.51. The Balaban J connectivity index is 2.02. The van der Waals surface area contributed by atoms with Gasteiger partial charge < -0.3 is 9.64 Å². The van der Waals surface area contributed by atoms with E-state index in [1.807, 2.05) is 26.2 Å².